The molecular formula is C8H12N2O2. The van der Waals surface area contributed by atoms with Gasteiger partial charge in [0.15, 0.2) is 0 Å². The molecule has 1 N–H and O–H groups in total. The van der Waals surface area contributed by atoms with Crippen LogP contribution < -0.4 is 5.32 Å². The second-order valence-corrected chi connectivity index (χ2v) is 3.65. The van der Waals surface area contributed by atoms with Crippen molar-refractivity contribution in [3.63, 3.8) is 0 Å². The number of nitrogens with zero attached hydrogens (tertiary/aromatic N) is 1. The van der Waals surface area contributed by atoms with E-state index in [1.54, 1.807) is 4.90 Å². The highest BCUT2D eigenvalue weighted by atomic mass is 16.2. The molecule has 1 unspecified atom stereocenters. The van der Waals surface area contributed by atoms with Gasteiger partial charge in [-0.15, -0.1) is 0 Å². The maximum atomic E-state index is 11.2. The van der Waals surface area contributed by atoms with Crippen molar-refractivity contribution in [1.82, 2.24) is 10.2 Å². The Bertz CT molecular complexity index is 239. The Balaban J connectivity index is 2.17. The summed E-state index contributed by atoms with van der Waals surface area (Å²) in [5.74, 6) is 0.407. The van der Waals surface area contributed by atoms with Crippen LogP contribution >= 0.6 is 0 Å². The van der Waals surface area contributed by atoms with Crippen LogP contribution in [0.1, 0.15) is 19.8 Å². The molecule has 0 aromatic carbocycles. The highest BCUT2D eigenvalue weighted by Gasteiger charge is 2.41. The highest BCUT2D eigenvalue weighted by Crippen LogP contribution is 2.24. The summed E-state index contributed by atoms with van der Waals surface area (Å²) >= 11 is 0. The molecule has 0 aromatic rings. The minimum atomic E-state index is -0.212. The smallest absolute Gasteiger partial charge is 0.312 e. The van der Waals surface area contributed by atoms with Gasteiger partial charge in [-0.2, -0.15) is 0 Å². The largest absolute Gasteiger partial charge is 0.324 e. The van der Waals surface area contributed by atoms with Gasteiger partial charge < -0.3 is 4.90 Å². The van der Waals surface area contributed by atoms with E-state index in [2.05, 4.69) is 12.2 Å². The van der Waals surface area contributed by atoms with Crippen molar-refractivity contribution in [2.45, 2.75) is 25.8 Å². The average molecular weight is 168 g/mol. The fourth-order valence-corrected chi connectivity index (χ4v) is 1.91. The van der Waals surface area contributed by atoms with Crippen molar-refractivity contribution in [3.05, 3.63) is 0 Å². The molecular weight excluding hydrogens is 156 g/mol. The molecule has 0 bridgehead atoms. The Morgan fingerprint density at radius 3 is 2.92 bits per heavy atom. The minimum absolute atomic E-state index is 0.119. The van der Waals surface area contributed by atoms with E-state index in [1.165, 1.54) is 0 Å². The number of piperidine rings is 1. The van der Waals surface area contributed by atoms with Gasteiger partial charge in [0.1, 0.15) is 6.04 Å². The molecule has 2 heterocycles. The number of urea groups is 1. The topological polar surface area (TPSA) is 49.4 Å². The van der Waals surface area contributed by atoms with Crippen molar-refractivity contribution >= 4 is 11.9 Å². The third kappa shape index (κ3) is 0.983. The van der Waals surface area contributed by atoms with E-state index >= 15 is 0 Å². The molecule has 0 aliphatic carbocycles. The Labute approximate surface area is 70.9 Å². The van der Waals surface area contributed by atoms with Gasteiger partial charge in [-0.25, -0.2) is 4.79 Å². The van der Waals surface area contributed by atoms with E-state index in [0.29, 0.717) is 5.92 Å². The quantitative estimate of drug-likeness (QED) is 0.530. The molecule has 2 aliphatic rings. The van der Waals surface area contributed by atoms with Crippen molar-refractivity contribution in [2.75, 3.05) is 6.54 Å². The fourth-order valence-electron chi connectivity index (χ4n) is 1.91. The second kappa shape index (κ2) is 2.47. The van der Waals surface area contributed by atoms with Gasteiger partial charge in [0.2, 0.25) is 0 Å². The van der Waals surface area contributed by atoms with Crippen molar-refractivity contribution in [3.8, 4) is 0 Å². The number of imide groups is 1. The van der Waals surface area contributed by atoms with Crippen LogP contribution in [0.4, 0.5) is 4.79 Å². The van der Waals surface area contributed by atoms with Crippen LogP contribution in [-0.2, 0) is 4.79 Å². The SMILES string of the molecule is C[C@H]1CCC2C(=O)NC(=O)N2C1. The lowest BCUT2D eigenvalue weighted by Gasteiger charge is -2.30. The lowest BCUT2D eigenvalue weighted by molar-refractivity contribution is -0.122. The lowest BCUT2D eigenvalue weighted by atomic mass is 9.95. The first-order chi connectivity index (χ1) is 5.68. The molecule has 2 atom stereocenters. The number of rotatable bonds is 0. The zero-order chi connectivity index (χ0) is 8.72. The summed E-state index contributed by atoms with van der Waals surface area (Å²) in [6, 6.07) is -0.384. The zero-order valence-electron chi connectivity index (χ0n) is 7.04. The summed E-state index contributed by atoms with van der Waals surface area (Å²) in [6.07, 6.45) is 1.86. The molecule has 0 saturated carbocycles. The molecule has 0 aromatic heterocycles. The van der Waals surface area contributed by atoms with Crippen LogP contribution in [0.15, 0.2) is 0 Å². The van der Waals surface area contributed by atoms with E-state index in [9.17, 15) is 9.59 Å². The Hall–Kier alpha value is -1.06. The summed E-state index contributed by atoms with van der Waals surface area (Å²) in [6.45, 7) is 2.83. The van der Waals surface area contributed by atoms with E-state index < -0.39 is 0 Å². The molecule has 2 aliphatic heterocycles. The number of fused-ring (bicyclic) bond motifs is 1. The molecule has 0 spiro atoms. The number of hydrogen-bond acceptors (Lipinski definition) is 2. The molecule has 0 radical (unpaired) electrons. The normalized spacial score (nSPS) is 34.9. The summed E-state index contributed by atoms with van der Waals surface area (Å²) in [7, 11) is 0. The Kier molecular flexibility index (Phi) is 1.56. The molecule has 2 fully saturated rings. The van der Waals surface area contributed by atoms with Crippen LogP contribution in [0.5, 0.6) is 0 Å². The van der Waals surface area contributed by atoms with Gasteiger partial charge in [-0.3, -0.25) is 10.1 Å². The van der Waals surface area contributed by atoms with Crippen molar-refractivity contribution in [2.24, 2.45) is 5.92 Å². The fraction of sp³-hybridized carbons (Fsp3) is 0.750. The second-order valence-electron chi connectivity index (χ2n) is 3.65. The number of carbonyl (C=O) groups excluding carboxylic acids is 2. The summed E-state index contributed by atoms with van der Waals surface area (Å²) in [5, 5.41) is 2.33. The standard InChI is InChI=1S/C8H12N2O2/c1-5-2-3-6-7(11)9-8(12)10(6)4-5/h5-6H,2-4H2,1H3,(H,9,11,12)/t5-,6?/m0/s1. The van der Waals surface area contributed by atoms with Crippen LogP contribution in [0, 0.1) is 5.92 Å². The monoisotopic (exact) mass is 168 g/mol. The summed E-state index contributed by atoms with van der Waals surface area (Å²) < 4.78 is 0. The van der Waals surface area contributed by atoms with Gasteiger partial charge >= 0.3 is 6.03 Å². The van der Waals surface area contributed by atoms with Gasteiger partial charge in [-0.1, -0.05) is 6.92 Å². The maximum absolute atomic E-state index is 11.2. The average Bonchev–Trinajstić information content (AvgIpc) is 2.28. The molecule has 2 rings (SSSR count). The number of nitrogens with one attached hydrogen (secondary N) is 1. The van der Waals surface area contributed by atoms with E-state index in [4.69, 9.17) is 0 Å². The van der Waals surface area contributed by atoms with Gasteiger partial charge in [0.25, 0.3) is 5.91 Å². The maximum Gasteiger partial charge on any atom is 0.324 e. The van der Waals surface area contributed by atoms with E-state index in [0.717, 1.165) is 19.4 Å². The molecule has 2 saturated heterocycles. The lowest BCUT2D eigenvalue weighted by Crippen LogP contribution is -2.42. The Morgan fingerprint density at radius 2 is 2.17 bits per heavy atom. The van der Waals surface area contributed by atoms with Crippen LogP contribution in [0.3, 0.4) is 0 Å². The van der Waals surface area contributed by atoms with Crippen molar-refractivity contribution in [1.29, 1.82) is 0 Å². The predicted molar refractivity (Wildman–Crippen MR) is 42.4 cm³/mol. The van der Waals surface area contributed by atoms with Gasteiger partial charge in [0.05, 0.1) is 0 Å². The highest BCUT2D eigenvalue weighted by molar-refractivity contribution is 6.04. The van der Waals surface area contributed by atoms with E-state index in [1.807, 2.05) is 0 Å². The summed E-state index contributed by atoms with van der Waals surface area (Å²) in [5.41, 5.74) is 0. The number of hydrogen-bond donors (Lipinski definition) is 1. The number of carbonyl (C=O) groups is 2. The first-order valence-electron chi connectivity index (χ1n) is 4.30. The first-order valence-corrected chi connectivity index (χ1v) is 4.30. The third-order valence-corrected chi connectivity index (χ3v) is 2.61. The summed E-state index contributed by atoms with van der Waals surface area (Å²) in [4.78, 5) is 24.0. The zero-order valence-corrected chi connectivity index (χ0v) is 7.04. The van der Waals surface area contributed by atoms with E-state index in [-0.39, 0.29) is 18.0 Å². The van der Waals surface area contributed by atoms with Gasteiger partial charge in [0, 0.05) is 6.54 Å². The third-order valence-electron chi connectivity index (χ3n) is 2.61. The predicted octanol–water partition coefficient (Wildman–Crippen LogP) is 0.337. The number of amides is 3. The Morgan fingerprint density at radius 1 is 1.42 bits per heavy atom. The molecule has 4 heteroatoms. The molecule has 12 heavy (non-hydrogen) atoms. The van der Waals surface area contributed by atoms with Crippen molar-refractivity contribution < 1.29 is 9.59 Å². The van der Waals surface area contributed by atoms with Gasteiger partial charge in [-0.05, 0) is 18.8 Å². The molecule has 66 valence electrons. The van der Waals surface area contributed by atoms with Crippen LogP contribution in [-0.4, -0.2) is 29.4 Å². The van der Waals surface area contributed by atoms with Crippen LogP contribution in [0.25, 0.3) is 0 Å². The first kappa shape index (κ1) is 7.58. The van der Waals surface area contributed by atoms with Crippen LogP contribution in [0.2, 0.25) is 0 Å². The minimum Gasteiger partial charge on any atom is -0.312 e. The molecule has 4 nitrogen and oxygen atoms in total. The molecule has 3 amide bonds.